The van der Waals surface area contributed by atoms with Crippen molar-refractivity contribution in [2.24, 2.45) is 12.8 Å². The van der Waals surface area contributed by atoms with Crippen molar-refractivity contribution in [1.82, 2.24) is 9.88 Å². The summed E-state index contributed by atoms with van der Waals surface area (Å²) < 4.78 is 1.60. The van der Waals surface area contributed by atoms with Crippen LogP contribution in [0.25, 0.3) is 0 Å². The monoisotopic (exact) mass is 167 g/mol. The Morgan fingerprint density at radius 1 is 1.58 bits per heavy atom. The largest absolute Gasteiger partial charge is 0.351 e. The van der Waals surface area contributed by atoms with Crippen LogP contribution in [0, 0.1) is 0 Å². The lowest BCUT2D eigenvalue weighted by molar-refractivity contribution is 0.0958. The minimum atomic E-state index is -0.846. The molecule has 1 aromatic heterocycles. The number of primary amides is 1. The number of hydrogen-bond acceptors (Lipinski definition) is 2. The molecule has 0 saturated carbocycles. The van der Waals surface area contributed by atoms with Gasteiger partial charge in [-0.05, 0) is 12.1 Å². The fourth-order valence-corrected chi connectivity index (χ4v) is 0.873. The van der Waals surface area contributed by atoms with Gasteiger partial charge in [0.25, 0.3) is 5.91 Å². The molecule has 0 bridgehead atoms. The first-order valence-corrected chi connectivity index (χ1v) is 3.33. The van der Waals surface area contributed by atoms with E-state index in [-0.39, 0.29) is 0 Å². The topological polar surface area (TPSA) is 77.1 Å². The minimum absolute atomic E-state index is 0.397. The Kier molecular flexibility index (Phi) is 2.14. The molecular formula is C7H9N3O2. The normalized spacial score (nSPS) is 9.42. The van der Waals surface area contributed by atoms with Gasteiger partial charge in [0.05, 0.1) is 0 Å². The number of carbonyl (C=O) groups is 2. The summed E-state index contributed by atoms with van der Waals surface area (Å²) in [5, 5.41) is 1.97. The number of nitrogens with two attached hydrogens (primary N) is 1. The summed E-state index contributed by atoms with van der Waals surface area (Å²) in [4.78, 5) is 21.4. The summed E-state index contributed by atoms with van der Waals surface area (Å²) in [5.41, 5.74) is 5.17. The van der Waals surface area contributed by atoms with E-state index >= 15 is 0 Å². The SMILES string of the molecule is Cn1cccc1C(=O)NC(N)=O. The van der Waals surface area contributed by atoms with Crippen molar-refractivity contribution in [3.8, 4) is 0 Å². The summed E-state index contributed by atoms with van der Waals surface area (Å²) in [5.74, 6) is -0.491. The highest BCUT2D eigenvalue weighted by Gasteiger charge is 2.09. The molecule has 0 unspecified atom stereocenters. The molecule has 0 aliphatic heterocycles. The van der Waals surface area contributed by atoms with Crippen LogP contribution >= 0.6 is 0 Å². The van der Waals surface area contributed by atoms with Gasteiger partial charge in [-0.15, -0.1) is 0 Å². The van der Waals surface area contributed by atoms with Crippen LogP contribution in [0.5, 0.6) is 0 Å². The number of imide groups is 1. The number of carbonyl (C=O) groups excluding carboxylic acids is 2. The zero-order chi connectivity index (χ0) is 9.14. The summed E-state index contributed by atoms with van der Waals surface area (Å²) in [6, 6.07) is 2.45. The van der Waals surface area contributed by atoms with E-state index in [9.17, 15) is 9.59 Å². The van der Waals surface area contributed by atoms with Gasteiger partial charge in [0.2, 0.25) is 0 Å². The van der Waals surface area contributed by atoms with Crippen molar-refractivity contribution in [2.45, 2.75) is 0 Å². The maximum Gasteiger partial charge on any atom is 0.319 e. The smallest absolute Gasteiger partial charge is 0.319 e. The second-order valence-corrected chi connectivity index (χ2v) is 2.32. The maximum absolute atomic E-state index is 11.1. The van der Waals surface area contributed by atoms with E-state index in [1.54, 1.807) is 29.9 Å². The Bertz CT molecular complexity index is 316. The zero-order valence-corrected chi connectivity index (χ0v) is 6.57. The van der Waals surface area contributed by atoms with Gasteiger partial charge in [-0.1, -0.05) is 0 Å². The van der Waals surface area contributed by atoms with Gasteiger partial charge < -0.3 is 10.3 Å². The first-order chi connectivity index (χ1) is 5.61. The second-order valence-electron chi connectivity index (χ2n) is 2.32. The number of nitrogens with zero attached hydrogens (tertiary/aromatic N) is 1. The highest BCUT2D eigenvalue weighted by Crippen LogP contribution is 1.98. The number of aryl methyl sites for hydroxylation is 1. The van der Waals surface area contributed by atoms with Crippen molar-refractivity contribution >= 4 is 11.9 Å². The molecule has 0 spiro atoms. The molecule has 1 heterocycles. The second kappa shape index (κ2) is 3.08. The van der Waals surface area contributed by atoms with Gasteiger partial charge in [0.15, 0.2) is 0 Å². The molecule has 0 atom stereocenters. The molecule has 64 valence electrons. The van der Waals surface area contributed by atoms with Crippen LogP contribution in [0.3, 0.4) is 0 Å². The Hall–Kier alpha value is -1.78. The molecule has 0 aliphatic carbocycles. The molecule has 0 saturated heterocycles. The summed E-state index contributed by atoms with van der Waals surface area (Å²) >= 11 is 0. The third-order valence-corrected chi connectivity index (χ3v) is 1.41. The highest BCUT2D eigenvalue weighted by atomic mass is 16.2. The van der Waals surface area contributed by atoms with Crippen molar-refractivity contribution in [3.63, 3.8) is 0 Å². The predicted molar refractivity (Wildman–Crippen MR) is 42.5 cm³/mol. The summed E-state index contributed by atoms with van der Waals surface area (Å²) in [7, 11) is 1.70. The third-order valence-electron chi connectivity index (χ3n) is 1.41. The Balaban J connectivity index is 2.78. The molecular weight excluding hydrogens is 158 g/mol. The number of aromatic nitrogens is 1. The van der Waals surface area contributed by atoms with E-state index in [1.807, 2.05) is 5.32 Å². The van der Waals surface area contributed by atoms with E-state index < -0.39 is 11.9 Å². The molecule has 0 radical (unpaired) electrons. The first kappa shape index (κ1) is 8.32. The Morgan fingerprint density at radius 2 is 2.25 bits per heavy atom. The Morgan fingerprint density at radius 3 is 2.67 bits per heavy atom. The van der Waals surface area contributed by atoms with Crippen molar-refractivity contribution in [3.05, 3.63) is 24.0 Å². The van der Waals surface area contributed by atoms with Crippen molar-refractivity contribution in [2.75, 3.05) is 0 Å². The lowest BCUT2D eigenvalue weighted by atomic mass is 10.4. The number of hydrogen-bond donors (Lipinski definition) is 2. The third kappa shape index (κ3) is 1.63. The van der Waals surface area contributed by atoms with Crippen LogP contribution in [0.1, 0.15) is 10.5 Å². The van der Waals surface area contributed by atoms with E-state index in [0.717, 1.165) is 0 Å². The quantitative estimate of drug-likeness (QED) is 0.609. The molecule has 5 nitrogen and oxygen atoms in total. The average molecular weight is 167 g/mol. The molecule has 0 fully saturated rings. The van der Waals surface area contributed by atoms with Crippen LogP contribution in [-0.2, 0) is 7.05 Å². The molecule has 3 N–H and O–H groups in total. The van der Waals surface area contributed by atoms with Crippen molar-refractivity contribution < 1.29 is 9.59 Å². The van der Waals surface area contributed by atoms with Gasteiger partial charge in [-0.25, -0.2) is 4.79 Å². The van der Waals surface area contributed by atoms with Crippen LogP contribution < -0.4 is 11.1 Å². The van der Waals surface area contributed by atoms with Crippen LogP contribution in [0.2, 0.25) is 0 Å². The highest BCUT2D eigenvalue weighted by molar-refractivity contribution is 6.02. The molecule has 3 amide bonds. The van der Waals surface area contributed by atoms with Gasteiger partial charge in [-0.3, -0.25) is 10.1 Å². The number of amides is 3. The van der Waals surface area contributed by atoms with Crippen molar-refractivity contribution in [1.29, 1.82) is 0 Å². The number of rotatable bonds is 1. The van der Waals surface area contributed by atoms with E-state index in [4.69, 9.17) is 5.73 Å². The first-order valence-electron chi connectivity index (χ1n) is 3.33. The van der Waals surface area contributed by atoms with Crippen LogP contribution in [0.4, 0.5) is 4.79 Å². The standard InChI is InChI=1S/C7H9N3O2/c1-10-4-2-3-5(10)6(11)9-7(8)12/h2-4H,1H3,(H3,8,9,11,12). The molecule has 0 aliphatic rings. The molecule has 1 aromatic rings. The Labute approximate surface area is 69.2 Å². The summed E-state index contributed by atoms with van der Waals surface area (Å²) in [6.07, 6.45) is 1.70. The van der Waals surface area contributed by atoms with Gasteiger partial charge >= 0.3 is 6.03 Å². The molecule has 5 heteroatoms. The molecule has 1 rings (SSSR count). The van der Waals surface area contributed by atoms with Crippen LogP contribution in [-0.4, -0.2) is 16.5 Å². The lowest BCUT2D eigenvalue weighted by Crippen LogP contribution is -2.35. The molecule has 0 aromatic carbocycles. The van der Waals surface area contributed by atoms with E-state index in [0.29, 0.717) is 5.69 Å². The number of nitrogens with one attached hydrogen (secondary N) is 1. The van der Waals surface area contributed by atoms with E-state index in [1.165, 1.54) is 0 Å². The van der Waals surface area contributed by atoms with Gasteiger partial charge in [0, 0.05) is 13.2 Å². The van der Waals surface area contributed by atoms with Crippen LogP contribution in [0.15, 0.2) is 18.3 Å². The molecule has 12 heavy (non-hydrogen) atoms. The fraction of sp³-hybridized carbons (Fsp3) is 0.143. The predicted octanol–water partition coefficient (Wildman–Crippen LogP) is -0.166. The van der Waals surface area contributed by atoms with E-state index in [2.05, 4.69) is 0 Å². The maximum atomic E-state index is 11.1. The zero-order valence-electron chi connectivity index (χ0n) is 6.57. The summed E-state index contributed by atoms with van der Waals surface area (Å²) in [6.45, 7) is 0. The van der Waals surface area contributed by atoms with Gasteiger partial charge in [0.1, 0.15) is 5.69 Å². The number of urea groups is 1. The lowest BCUT2D eigenvalue weighted by Gasteiger charge is -2.00. The minimum Gasteiger partial charge on any atom is -0.351 e. The average Bonchev–Trinajstić information content (AvgIpc) is 2.33. The van der Waals surface area contributed by atoms with Gasteiger partial charge in [-0.2, -0.15) is 0 Å². The fourth-order valence-electron chi connectivity index (χ4n) is 0.873.